The fraction of sp³-hybridized carbons (Fsp3) is 0.833. The molecule has 0 bridgehead atoms. The average molecular weight is 687 g/mol. The topological polar surface area (TPSA) is 180 Å². The Kier molecular flexibility index (Phi) is 26.9. The standard InChI is InChI=1S/C36H62O12/c1-5-9-17-27(7-3)25-47-31(37)19-13-11-15-21-45-33(39)23-29(35(41)42)30(36(43)44)24-34(40)46-22-16-12-14-20-32(38)48-26-28(8-4)18-10-6-2/h27-30H,5-26H2,1-4H3,(H,41,42)(H,43,44). The second kappa shape index (κ2) is 28.8. The molecular formula is C36H62O12. The molecule has 2 N–H and O–H groups in total. The highest BCUT2D eigenvalue weighted by Crippen LogP contribution is 2.23. The Morgan fingerprint density at radius 2 is 0.854 bits per heavy atom. The van der Waals surface area contributed by atoms with Crippen molar-refractivity contribution in [2.75, 3.05) is 26.4 Å². The number of hydrogen-bond acceptors (Lipinski definition) is 10. The molecule has 278 valence electrons. The van der Waals surface area contributed by atoms with E-state index in [-0.39, 0.29) is 38.0 Å². The van der Waals surface area contributed by atoms with Crippen LogP contribution in [0.3, 0.4) is 0 Å². The van der Waals surface area contributed by atoms with Crippen LogP contribution in [0.5, 0.6) is 0 Å². The molecule has 48 heavy (non-hydrogen) atoms. The van der Waals surface area contributed by atoms with Gasteiger partial charge in [-0.15, -0.1) is 0 Å². The van der Waals surface area contributed by atoms with Gasteiger partial charge in [-0.2, -0.15) is 0 Å². The Labute approximate surface area is 287 Å². The van der Waals surface area contributed by atoms with Gasteiger partial charge in [-0.05, 0) is 63.2 Å². The summed E-state index contributed by atoms with van der Waals surface area (Å²) in [4.78, 5) is 72.3. The number of ether oxygens (including phenoxy) is 4. The first-order valence-electron chi connectivity index (χ1n) is 18.1. The maximum atomic E-state index is 12.3. The number of aliphatic carboxylic acids is 2. The zero-order chi connectivity index (χ0) is 36.2. The van der Waals surface area contributed by atoms with E-state index in [0.717, 1.165) is 51.4 Å². The molecule has 0 saturated heterocycles. The minimum atomic E-state index is -1.68. The normalized spacial score (nSPS) is 13.5. The van der Waals surface area contributed by atoms with Crippen LogP contribution in [0.1, 0.15) is 143 Å². The van der Waals surface area contributed by atoms with Crippen LogP contribution in [0.25, 0.3) is 0 Å². The smallest absolute Gasteiger partial charge is 0.307 e. The Morgan fingerprint density at radius 1 is 0.479 bits per heavy atom. The molecule has 12 heteroatoms. The fourth-order valence-electron chi connectivity index (χ4n) is 5.11. The summed E-state index contributed by atoms with van der Waals surface area (Å²) in [5.74, 6) is -7.99. The lowest BCUT2D eigenvalue weighted by molar-refractivity contribution is -0.162. The Balaban J connectivity index is 4.37. The minimum absolute atomic E-state index is 0.00906. The molecule has 0 aromatic rings. The van der Waals surface area contributed by atoms with Crippen LogP contribution in [-0.2, 0) is 47.7 Å². The molecule has 0 saturated carbocycles. The third-order valence-corrected chi connectivity index (χ3v) is 8.52. The van der Waals surface area contributed by atoms with Crippen LogP contribution in [0.2, 0.25) is 0 Å². The largest absolute Gasteiger partial charge is 0.481 e. The van der Waals surface area contributed by atoms with Crippen molar-refractivity contribution >= 4 is 35.8 Å². The molecule has 0 spiro atoms. The monoisotopic (exact) mass is 686 g/mol. The molecule has 0 radical (unpaired) electrons. The fourth-order valence-corrected chi connectivity index (χ4v) is 5.11. The first-order valence-corrected chi connectivity index (χ1v) is 18.1. The van der Waals surface area contributed by atoms with Crippen LogP contribution in [-0.4, -0.2) is 72.5 Å². The van der Waals surface area contributed by atoms with E-state index < -0.39 is 48.6 Å². The number of esters is 4. The van der Waals surface area contributed by atoms with Crippen molar-refractivity contribution in [1.82, 2.24) is 0 Å². The lowest BCUT2D eigenvalue weighted by Crippen LogP contribution is -2.34. The second-order valence-electron chi connectivity index (χ2n) is 12.6. The van der Waals surface area contributed by atoms with Gasteiger partial charge in [0.25, 0.3) is 0 Å². The number of carboxylic acid groups (broad SMARTS) is 2. The molecule has 0 aromatic carbocycles. The number of rotatable bonds is 31. The van der Waals surface area contributed by atoms with Gasteiger partial charge in [0.05, 0.1) is 51.1 Å². The van der Waals surface area contributed by atoms with Crippen molar-refractivity contribution in [3.05, 3.63) is 0 Å². The highest BCUT2D eigenvalue weighted by Gasteiger charge is 2.38. The SMILES string of the molecule is CCCCC(CC)COC(=O)CCCCCOC(=O)CC(C(=O)O)C(CC(=O)OCCCCCC(=O)OCC(CC)CCCC)C(=O)O. The van der Waals surface area contributed by atoms with Gasteiger partial charge in [0.1, 0.15) is 0 Å². The van der Waals surface area contributed by atoms with E-state index in [1.54, 1.807) is 0 Å². The molecule has 0 aliphatic carbocycles. The number of hydrogen-bond donors (Lipinski definition) is 2. The summed E-state index contributed by atoms with van der Waals surface area (Å²) in [6.45, 7) is 9.23. The molecule has 0 amide bonds. The van der Waals surface area contributed by atoms with E-state index in [1.807, 2.05) is 0 Å². The van der Waals surface area contributed by atoms with Gasteiger partial charge in [-0.1, -0.05) is 66.2 Å². The first-order chi connectivity index (χ1) is 23.0. The van der Waals surface area contributed by atoms with Crippen molar-refractivity contribution in [2.45, 2.75) is 143 Å². The lowest BCUT2D eigenvalue weighted by Gasteiger charge is -2.19. The van der Waals surface area contributed by atoms with E-state index in [1.165, 1.54) is 0 Å². The van der Waals surface area contributed by atoms with Crippen molar-refractivity contribution in [3.8, 4) is 0 Å². The van der Waals surface area contributed by atoms with Gasteiger partial charge in [-0.3, -0.25) is 28.8 Å². The molecule has 4 atom stereocenters. The second-order valence-corrected chi connectivity index (χ2v) is 12.6. The zero-order valence-electron chi connectivity index (χ0n) is 29.8. The number of carbonyl (C=O) groups is 6. The highest BCUT2D eigenvalue weighted by molar-refractivity contribution is 5.87. The van der Waals surface area contributed by atoms with Crippen molar-refractivity contribution < 1.29 is 57.9 Å². The van der Waals surface area contributed by atoms with Crippen LogP contribution in [0.4, 0.5) is 0 Å². The molecule has 4 unspecified atom stereocenters. The van der Waals surface area contributed by atoms with Gasteiger partial charge in [-0.25, -0.2) is 0 Å². The Hall–Kier alpha value is -3.18. The number of carboxylic acids is 2. The van der Waals surface area contributed by atoms with Gasteiger partial charge in [0, 0.05) is 12.8 Å². The molecular weight excluding hydrogens is 624 g/mol. The Morgan fingerprint density at radius 3 is 1.17 bits per heavy atom. The van der Waals surface area contributed by atoms with Gasteiger partial charge in [0.15, 0.2) is 0 Å². The van der Waals surface area contributed by atoms with Crippen LogP contribution in [0, 0.1) is 23.7 Å². The van der Waals surface area contributed by atoms with Crippen molar-refractivity contribution in [3.63, 3.8) is 0 Å². The maximum Gasteiger partial charge on any atom is 0.307 e. The summed E-state index contributed by atoms with van der Waals surface area (Å²) >= 11 is 0. The van der Waals surface area contributed by atoms with Gasteiger partial charge >= 0.3 is 35.8 Å². The molecule has 0 aromatic heterocycles. The summed E-state index contributed by atoms with van der Waals surface area (Å²) < 4.78 is 20.9. The molecule has 0 aliphatic rings. The number of unbranched alkanes of at least 4 members (excludes halogenated alkanes) is 6. The van der Waals surface area contributed by atoms with Crippen LogP contribution >= 0.6 is 0 Å². The van der Waals surface area contributed by atoms with Crippen LogP contribution < -0.4 is 0 Å². The predicted molar refractivity (Wildman–Crippen MR) is 179 cm³/mol. The summed E-state index contributed by atoms with van der Waals surface area (Å²) in [6, 6.07) is 0. The summed E-state index contributed by atoms with van der Waals surface area (Å²) in [5.41, 5.74) is 0. The third-order valence-electron chi connectivity index (χ3n) is 8.52. The van der Waals surface area contributed by atoms with E-state index in [9.17, 15) is 39.0 Å². The third kappa shape index (κ3) is 23.2. The molecule has 0 heterocycles. The molecule has 0 rings (SSSR count). The van der Waals surface area contributed by atoms with Crippen molar-refractivity contribution in [2.24, 2.45) is 23.7 Å². The first kappa shape index (κ1) is 44.8. The van der Waals surface area contributed by atoms with Gasteiger partial charge < -0.3 is 29.2 Å². The zero-order valence-corrected chi connectivity index (χ0v) is 29.8. The summed E-state index contributed by atoms with van der Waals surface area (Å²) in [5, 5.41) is 19.2. The lowest BCUT2D eigenvalue weighted by atomic mass is 9.87. The summed E-state index contributed by atoms with van der Waals surface area (Å²) in [6.07, 6.45) is 10.6. The quantitative estimate of drug-likeness (QED) is 0.0438. The van der Waals surface area contributed by atoms with Crippen molar-refractivity contribution in [1.29, 1.82) is 0 Å². The minimum Gasteiger partial charge on any atom is -0.481 e. The highest BCUT2D eigenvalue weighted by atomic mass is 16.5. The van der Waals surface area contributed by atoms with E-state index in [0.29, 0.717) is 63.6 Å². The van der Waals surface area contributed by atoms with E-state index in [4.69, 9.17) is 18.9 Å². The molecule has 0 fully saturated rings. The maximum absolute atomic E-state index is 12.3. The molecule has 12 nitrogen and oxygen atoms in total. The van der Waals surface area contributed by atoms with E-state index in [2.05, 4.69) is 27.7 Å². The van der Waals surface area contributed by atoms with E-state index >= 15 is 0 Å². The van der Waals surface area contributed by atoms with Gasteiger partial charge in [0.2, 0.25) is 0 Å². The summed E-state index contributed by atoms with van der Waals surface area (Å²) in [7, 11) is 0. The Bertz CT molecular complexity index is 860. The average Bonchev–Trinajstić information content (AvgIpc) is 3.05. The predicted octanol–water partition coefficient (Wildman–Crippen LogP) is 6.89. The number of carbonyl (C=O) groups excluding carboxylic acids is 4. The van der Waals surface area contributed by atoms with Crippen LogP contribution in [0.15, 0.2) is 0 Å². The molecule has 0 aliphatic heterocycles.